The molecule has 3 N–H and O–H groups in total. The maximum atomic E-state index is 13.3. The van der Waals surface area contributed by atoms with Crippen LogP contribution in [0, 0.1) is 17.3 Å². The molecule has 0 radical (unpaired) electrons. The Morgan fingerprint density at radius 3 is 2.00 bits per heavy atom. The van der Waals surface area contributed by atoms with E-state index >= 15 is 0 Å². The molecule has 1 aliphatic carbocycles. The van der Waals surface area contributed by atoms with E-state index in [0.29, 0.717) is 30.9 Å². The molecule has 0 aromatic heterocycles. The SMILES string of the molecule is CCCCCC(=O)NC(C(=O)NC(CCSC)C(=O)NC(CCC(C)C)C(=O)C1(C)CC1)C(C)C. The summed E-state index contributed by atoms with van der Waals surface area (Å²) in [5, 5.41) is 8.71. The van der Waals surface area contributed by atoms with Gasteiger partial charge in [-0.15, -0.1) is 0 Å². The Hall–Kier alpha value is -1.57. The van der Waals surface area contributed by atoms with Crippen molar-refractivity contribution in [2.45, 2.75) is 117 Å². The van der Waals surface area contributed by atoms with E-state index in [1.54, 1.807) is 11.8 Å². The summed E-state index contributed by atoms with van der Waals surface area (Å²) in [7, 11) is 0. The lowest BCUT2D eigenvalue weighted by Crippen LogP contribution is -2.57. The number of ketones is 1. The number of carbonyl (C=O) groups is 4. The molecule has 1 aliphatic rings. The average molecular weight is 512 g/mol. The molecule has 202 valence electrons. The van der Waals surface area contributed by atoms with Crippen molar-refractivity contribution in [1.29, 1.82) is 0 Å². The number of hydrogen-bond acceptors (Lipinski definition) is 5. The first kappa shape index (κ1) is 31.5. The van der Waals surface area contributed by atoms with Crippen molar-refractivity contribution in [2.24, 2.45) is 17.3 Å². The van der Waals surface area contributed by atoms with Crippen LogP contribution in [0.1, 0.15) is 99.3 Å². The Labute approximate surface area is 217 Å². The van der Waals surface area contributed by atoms with Crippen LogP contribution in [-0.4, -0.2) is 53.6 Å². The van der Waals surface area contributed by atoms with Gasteiger partial charge in [0.15, 0.2) is 5.78 Å². The summed E-state index contributed by atoms with van der Waals surface area (Å²) in [4.78, 5) is 51.9. The van der Waals surface area contributed by atoms with E-state index in [9.17, 15) is 19.2 Å². The van der Waals surface area contributed by atoms with Crippen LogP contribution in [0.2, 0.25) is 0 Å². The molecule has 7 nitrogen and oxygen atoms in total. The highest BCUT2D eigenvalue weighted by Crippen LogP contribution is 2.47. The lowest BCUT2D eigenvalue weighted by molar-refractivity contribution is -0.135. The predicted octanol–water partition coefficient (Wildman–Crippen LogP) is 4.24. The molecule has 0 saturated heterocycles. The van der Waals surface area contributed by atoms with Crippen molar-refractivity contribution < 1.29 is 19.2 Å². The van der Waals surface area contributed by atoms with Crippen molar-refractivity contribution in [3.05, 3.63) is 0 Å². The molecule has 0 aromatic rings. The van der Waals surface area contributed by atoms with Crippen LogP contribution in [0.5, 0.6) is 0 Å². The maximum Gasteiger partial charge on any atom is 0.243 e. The van der Waals surface area contributed by atoms with Gasteiger partial charge in [0.1, 0.15) is 12.1 Å². The van der Waals surface area contributed by atoms with E-state index in [-0.39, 0.29) is 34.8 Å². The number of hydrogen-bond donors (Lipinski definition) is 3. The number of carbonyl (C=O) groups excluding carboxylic acids is 4. The molecule has 3 unspecified atom stereocenters. The van der Waals surface area contributed by atoms with E-state index in [2.05, 4.69) is 36.7 Å². The topological polar surface area (TPSA) is 104 Å². The summed E-state index contributed by atoms with van der Waals surface area (Å²) in [5.41, 5.74) is -0.336. The number of nitrogens with one attached hydrogen (secondary N) is 3. The monoisotopic (exact) mass is 511 g/mol. The van der Waals surface area contributed by atoms with E-state index in [4.69, 9.17) is 0 Å². The van der Waals surface area contributed by atoms with Gasteiger partial charge in [0.05, 0.1) is 6.04 Å². The highest BCUT2D eigenvalue weighted by molar-refractivity contribution is 7.98. The Balaban J connectivity index is 2.90. The number of unbranched alkanes of at least 4 members (excludes halogenated alkanes) is 2. The summed E-state index contributed by atoms with van der Waals surface area (Å²) < 4.78 is 0. The second-order valence-electron chi connectivity index (χ2n) is 11.0. The second-order valence-corrected chi connectivity index (χ2v) is 12.0. The first-order valence-electron chi connectivity index (χ1n) is 13.4. The molecule has 35 heavy (non-hydrogen) atoms. The highest BCUT2D eigenvalue weighted by atomic mass is 32.2. The summed E-state index contributed by atoms with van der Waals surface area (Å²) in [6, 6.07) is -2.00. The van der Waals surface area contributed by atoms with E-state index in [0.717, 1.165) is 38.5 Å². The Kier molecular flexibility index (Phi) is 14.0. The van der Waals surface area contributed by atoms with Crippen molar-refractivity contribution >= 4 is 35.3 Å². The molecular weight excluding hydrogens is 462 g/mol. The van der Waals surface area contributed by atoms with Crippen molar-refractivity contribution in [3.8, 4) is 0 Å². The summed E-state index contributed by atoms with van der Waals surface area (Å²) >= 11 is 1.60. The number of Topliss-reactive ketones (excluding diaryl/α,β-unsaturated/α-hetero) is 1. The molecule has 1 saturated carbocycles. The van der Waals surface area contributed by atoms with Gasteiger partial charge < -0.3 is 16.0 Å². The fourth-order valence-electron chi connectivity index (χ4n) is 3.98. The quantitative estimate of drug-likeness (QED) is 0.239. The zero-order valence-electron chi connectivity index (χ0n) is 23.0. The lowest BCUT2D eigenvalue weighted by atomic mass is 9.91. The van der Waals surface area contributed by atoms with Gasteiger partial charge in [0, 0.05) is 11.8 Å². The minimum Gasteiger partial charge on any atom is -0.344 e. The van der Waals surface area contributed by atoms with Crippen molar-refractivity contribution in [3.63, 3.8) is 0 Å². The zero-order chi connectivity index (χ0) is 26.6. The van der Waals surface area contributed by atoms with Crippen molar-refractivity contribution in [2.75, 3.05) is 12.0 Å². The third-order valence-electron chi connectivity index (χ3n) is 6.78. The third kappa shape index (κ3) is 11.4. The van der Waals surface area contributed by atoms with Crippen LogP contribution in [0.25, 0.3) is 0 Å². The standard InChI is InChI=1S/C27H49N3O4S/c1-8-9-10-11-22(31)30-23(19(4)5)26(34)29-21(14-17-35-7)25(33)28-20(13-12-18(2)3)24(32)27(6)15-16-27/h18-21,23H,8-17H2,1-7H3,(H,28,33)(H,29,34)(H,30,31). The van der Waals surface area contributed by atoms with Crippen LogP contribution in [-0.2, 0) is 19.2 Å². The van der Waals surface area contributed by atoms with Crippen LogP contribution < -0.4 is 16.0 Å². The van der Waals surface area contributed by atoms with E-state index in [1.165, 1.54) is 0 Å². The van der Waals surface area contributed by atoms with Gasteiger partial charge in [0.25, 0.3) is 0 Å². The molecule has 1 rings (SSSR count). The third-order valence-corrected chi connectivity index (χ3v) is 7.42. The van der Waals surface area contributed by atoms with E-state index in [1.807, 2.05) is 27.0 Å². The molecule has 0 spiro atoms. The van der Waals surface area contributed by atoms with Gasteiger partial charge in [-0.3, -0.25) is 19.2 Å². The molecule has 0 aromatic carbocycles. The molecule has 1 fully saturated rings. The molecular formula is C27H49N3O4S. The molecule has 3 amide bonds. The largest absolute Gasteiger partial charge is 0.344 e. The fraction of sp³-hybridized carbons (Fsp3) is 0.852. The number of rotatable bonds is 18. The van der Waals surface area contributed by atoms with Crippen LogP contribution in [0.4, 0.5) is 0 Å². The minimum atomic E-state index is -0.755. The molecule has 8 heteroatoms. The van der Waals surface area contributed by atoms with Crippen LogP contribution in [0.3, 0.4) is 0 Å². The summed E-state index contributed by atoms with van der Waals surface area (Å²) in [6.45, 7) is 12.0. The van der Waals surface area contributed by atoms with Crippen LogP contribution in [0.15, 0.2) is 0 Å². The van der Waals surface area contributed by atoms with Gasteiger partial charge in [-0.2, -0.15) is 11.8 Å². The molecule has 3 atom stereocenters. The minimum absolute atomic E-state index is 0.0980. The van der Waals surface area contributed by atoms with Gasteiger partial charge in [-0.25, -0.2) is 0 Å². The predicted molar refractivity (Wildman–Crippen MR) is 144 cm³/mol. The summed E-state index contributed by atoms with van der Waals surface area (Å²) in [6.07, 6.45) is 8.74. The Morgan fingerprint density at radius 2 is 1.49 bits per heavy atom. The van der Waals surface area contributed by atoms with Gasteiger partial charge in [-0.1, -0.05) is 54.4 Å². The lowest BCUT2D eigenvalue weighted by Gasteiger charge is -2.27. The smallest absolute Gasteiger partial charge is 0.243 e. The van der Waals surface area contributed by atoms with Gasteiger partial charge in [-0.05, 0) is 62.4 Å². The maximum absolute atomic E-state index is 13.3. The molecule has 0 bridgehead atoms. The Morgan fingerprint density at radius 1 is 0.857 bits per heavy atom. The second kappa shape index (κ2) is 15.5. The number of thioether (sulfide) groups is 1. The summed E-state index contributed by atoms with van der Waals surface area (Å²) in [5.74, 6) is 0.268. The normalized spacial score (nSPS) is 16.9. The van der Waals surface area contributed by atoms with E-state index < -0.39 is 18.1 Å². The van der Waals surface area contributed by atoms with Crippen LogP contribution >= 0.6 is 11.8 Å². The average Bonchev–Trinajstić information content (AvgIpc) is 3.55. The highest BCUT2D eigenvalue weighted by Gasteiger charge is 2.47. The number of amides is 3. The van der Waals surface area contributed by atoms with Gasteiger partial charge in [0.2, 0.25) is 17.7 Å². The fourth-order valence-corrected chi connectivity index (χ4v) is 4.45. The first-order chi connectivity index (χ1) is 16.4. The molecule has 0 heterocycles. The molecule has 0 aliphatic heterocycles. The van der Waals surface area contributed by atoms with Crippen molar-refractivity contribution in [1.82, 2.24) is 16.0 Å². The van der Waals surface area contributed by atoms with Gasteiger partial charge >= 0.3 is 0 Å². The Bertz CT molecular complexity index is 707. The zero-order valence-corrected chi connectivity index (χ0v) is 23.8. The first-order valence-corrected chi connectivity index (χ1v) is 14.8.